The van der Waals surface area contributed by atoms with Crippen LogP contribution in [0.3, 0.4) is 0 Å². The maximum absolute atomic E-state index is 10.8. The van der Waals surface area contributed by atoms with Crippen LogP contribution in [0.4, 0.5) is 0 Å². The first-order valence-corrected chi connectivity index (χ1v) is 4.96. The summed E-state index contributed by atoms with van der Waals surface area (Å²) in [5, 5.41) is 0. The molecule has 0 aliphatic heterocycles. The largest absolute Gasteiger partial charge is 0.455 e. The van der Waals surface area contributed by atoms with E-state index in [1.54, 1.807) is 0 Å². The summed E-state index contributed by atoms with van der Waals surface area (Å²) in [6.45, 7) is 3.56. The first-order valence-electron chi connectivity index (χ1n) is 3.56. The minimum absolute atomic E-state index is 0.110. The summed E-state index contributed by atoms with van der Waals surface area (Å²) in [6.07, 6.45) is 5.94. The minimum atomic E-state index is -0.110. The minimum Gasteiger partial charge on any atom is -0.455 e. The molecule has 0 rings (SSSR count). The number of unbranched alkanes of at least 4 members (excludes halogenated alkanes) is 1. The molecule has 0 radical (unpaired) electrons. The van der Waals surface area contributed by atoms with Crippen LogP contribution in [0, 0.1) is 0 Å². The van der Waals surface area contributed by atoms with Crippen LogP contribution in [0.5, 0.6) is 0 Å². The summed E-state index contributed by atoms with van der Waals surface area (Å²) < 4.78 is 4.83. The van der Waals surface area contributed by atoms with E-state index in [2.05, 4.69) is 6.58 Å². The van der Waals surface area contributed by atoms with Crippen LogP contribution in [0.25, 0.3) is 0 Å². The third-order valence-corrected chi connectivity index (χ3v) is 1.48. The van der Waals surface area contributed by atoms with E-state index in [0.717, 1.165) is 12.8 Å². The van der Waals surface area contributed by atoms with Crippen molar-refractivity contribution >= 4 is 17.7 Å². The highest BCUT2D eigenvalue weighted by Gasteiger charge is 1.99. The number of thioether (sulfide) groups is 1. The molecular formula is C8H14O2S. The van der Waals surface area contributed by atoms with E-state index in [1.807, 2.05) is 12.3 Å². The van der Waals surface area contributed by atoms with Crippen molar-refractivity contribution in [3.05, 3.63) is 12.7 Å². The van der Waals surface area contributed by atoms with Gasteiger partial charge in [0.2, 0.25) is 0 Å². The van der Waals surface area contributed by atoms with Gasteiger partial charge in [0.05, 0.1) is 0 Å². The van der Waals surface area contributed by atoms with Crippen LogP contribution in [0.15, 0.2) is 12.7 Å². The van der Waals surface area contributed by atoms with Gasteiger partial charge in [-0.3, -0.25) is 4.79 Å². The summed E-state index contributed by atoms with van der Waals surface area (Å²) in [6, 6.07) is 0. The van der Waals surface area contributed by atoms with Crippen LogP contribution in [-0.4, -0.2) is 18.2 Å². The van der Waals surface area contributed by atoms with Crippen LogP contribution in [0.2, 0.25) is 0 Å². The Morgan fingerprint density at radius 2 is 2.45 bits per heavy atom. The first kappa shape index (κ1) is 10.6. The second kappa shape index (κ2) is 7.66. The molecule has 0 bridgehead atoms. The van der Waals surface area contributed by atoms with Crippen LogP contribution in [0.1, 0.15) is 19.3 Å². The molecule has 0 unspecified atom stereocenters. The zero-order valence-electron chi connectivity index (χ0n) is 6.84. The van der Waals surface area contributed by atoms with E-state index in [4.69, 9.17) is 4.74 Å². The summed E-state index contributed by atoms with van der Waals surface area (Å²) in [5.41, 5.74) is 0. The molecule has 0 N–H and O–H groups in total. The number of esters is 1. The van der Waals surface area contributed by atoms with Crippen LogP contribution < -0.4 is 0 Å². The second-order valence-corrected chi connectivity index (χ2v) is 2.92. The Morgan fingerprint density at radius 1 is 1.73 bits per heavy atom. The standard InChI is InChI=1S/C8H14O2S/c1-3-4-5-6-8(9)10-7-11-2/h3H,1,4-7H2,2H3. The maximum atomic E-state index is 10.8. The molecule has 0 heterocycles. The third-order valence-electron chi connectivity index (χ3n) is 1.13. The quantitative estimate of drug-likeness (QED) is 0.267. The lowest BCUT2D eigenvalue weighted by molar-refractivity contribution is -0.141. The second-order valence-electron chi connectivity index (χ2n) is 2.10. The summed E-state index contributed by atoms with van der Waals surface area (Å²) in [7, 11) is 0. The van der Waals surface area contributed by atoms with Gasteiger partial charge in [0.15, 0.2) is 0 Å². The summed E-state index contributed by atoms with van der Waals surface area (Å²) in [5.74, 6) is 0.355. The molecule has 2 nitrogen and oxygen atoms in total. The Bertz CT molecular complexity index is 123. The predicted octanol–water partition coefficient (Wildman–Crippen LogP) is 2.21. The van der Waals surface area contributed by atoms with Gasteiger partial charge in [0, 0.05) is 6.42 Å². The van der Waals surface area contributed by atoms with Crippen molar-refractivity contribution in [1.82, 2.24) is 0 Å². The van der Waals surface area contributed by atoms with E-state index in [9.17, 15) is 4.79 Å². The molecule has 3 heteroatoms. The number of hydrogen-bond acceptors (Lipinski definition) is 3. The fourth-order valence-corrected chi connectivity index (χ4v) is 0.837. The number of rotatable bonds is 6. The number of allylic oxidation sites excluding steroid dienone is 1. The monoisotopic (exact) mass is 174 g/mol. The normalized spacial score (nSPS) is 9.18. The first-order chi connectivity index (χ1) is 5.31. The lowest BCUT2D eigenvalue weighted by Crippen LogP contribution is -2.02. The van der Waals surface area contributed by atoms with Gasteiger partial charge in [-0.25, -0.2) is 0 Å². The molecule has 0 aromatic carbocycles. The van der Waals surface area contributed by atoms with E-state index < -0.39 is 0 Å². The number of hydrogen-bond donors (Lipinski definition) is 0. The van der Waals surface area contributed by atoms with E-state index >= 15 is 0 Å². The summed E-state index contributed by atoms with van der Waals surface area (Å²) >= 11 is 1.51. The summed E-state index contributed by atoms with van der Waals surface area (Å²) in [4.78, 5) is 10.8. The Balaban J connectivity index is 3.15. The molecule has 64 valence electrons. The fraction of sp³-hybridized carbons (Fsp3) is 0.625. The molecule has 0 saturated carbocycles. The third kappa shape index (κ3) is 7.46. The van der Waals surface area contributed by atoms with Crippen molar-refractivity contribution in [2.24, 2.45) is 0 Å². The molecule has 0 amide bonds. The van der Waals surface area contributed by atoms with Crippen LogP contribution >= 0.6 is 11.8 Å². The van der Waals surface area contributed by atoms with Crippen molar-refractivity contribution < 1.29 is 9.53 Å². The van der Waals surface area contributed by atoms with E-state index in [-0.39, 0.29) is 5.97 Å². The molecule has 0 atom stereocenters. The van der Waals surface area contributed by atoms with Gasteiger partial charge in [-0.2, -0.15) is 0 Å². The van der Waals surface area contributed by atoms with Crippen molar-refractivity contribution in [2.45, 2.75) is 19.3 Å². The highest BCUT2D eigenvalue weighted by atomic mass is 32.2. The topological polar surface area (TPSA) is 26.3 Å². The van der Waals surface area contributed by atoms with E-state index in [0.29, 0.717) is 12.4 Å². The smallest absolute Gasteiger partial charge is 0.306 e. The molecule has 11 heavy (non-hydrogen) atoms. The molecule has 0 aromatic heterocycles. The van der Waals surface area contributed by atoms with Crippen LogP contribution in [-0.2, 0) is 9.53 Å². The van der Waals surface area contributed by atoms with Crippen molar-refractivity contribution in [1.29, 1.82) is 0 Å². The Labute approximate surface area is 72.0 Å². The highest BCUT2D eigenvalue weighted by Crippen LogP contribution is 2.00. The van der Waals surface area contributed by atoms with Gasteiger partial charge in [-0.15, -0.1) is 18.3 Å². The average Bonchev–Trinajstić information content (AvgIpc) is 2.01. The van der Waals surface area contributed by atoms with Gasteiger partial charge in [0.1, 0.15) is 5.94 Å². The van der Waals surface area contributed by atoms with Crippen molar-refractivity contribution in [3.8, 4) is 0 Å². The molecular weight excluding hydrogens is 160 g/mol. The Morgan fingerprint density at radius 3 is 3.00 bits per heavy atom. The highest BCUT2D eigenvalue weighted by molar-refractivity contribution is 7.98. The number of carbonyl (C=O) groups is 1. The lowest BCUT2D eigenvalue weighted by Gasteiger charge is -2.00. The number of ether oxygens (including phenoxy) is 1. The SMILES string of the molecule is C=CCCCC(=O)OCSC. The van der Waals surface area contributed by atoms with Gasteiger partial charge in [0.25, 0.3) is 0 Å². The molecule has 0 fully saturated rings. The van der Waals surface area contributed by atoms with E-state index in [1.165, 1.54) is 11.8 Å². The Kier molecular flexibility index (Phi) is 7.36. The number of carbonyl (C=O) groups excluding carboxylic acids is 1. The zero-order valence-corrected chi connectivity index (χ0v) is 7.65. The van der Waals surface area contributed by atoms with Gasteiger partial charge in [-0.1, -0.05) is 6.08 Å². The fourth-order valence-electron chi connectivity index (χ4n) is 0.588. The molecule has 0 aliphatic rings. The molecule has 0 aromatic rings. The van der Waals surface area contributed by atoms with Gasteiger partial charge < -0.3 is 4.74 Å². The van der Waals surface area contributed by atoms with Crippen molar-refractivity contribution in [2.75, 3.05) is 12.2 Å². The average molecular weight is 174 g/mol. The molecule has 0 aliphatic carbocycles. The van der Waals surface area contributed by atoms with Crippen molar-refractivity contribution in [3.63, 3.8) is 0 Å². The molecule has 0 saturated heterocycles. The van der Waals surface area contributed by atoms with Gasteiger partial charge >= 0.3 is 5.97 Å². The lowest BCUT2D eigenvalue weighted by atomic mass is 10.2. The maximum Gasteiger partial charge on any atom is 0.306 e. The zero-order chi connectivity index (χ0) is 8.53. The predicted molar refractivity (Wildman–Crippen MR) is 48.5 cm³/mol. The Hall–Kier alpha value is -0.440. The molecule has 0 spiro atoms. The van der Waals surface area contributed by atoms with Gasteiger partial charge in [-0.05, 0) is 19.1 Å².